The smallest absolute Gasteiger partial charge is 0.322 e. The summed E-state index contributed by atoms with van der Waals surface area (Å²) in [5, 5.41) is 22.5. The quantitative estimate of drug-likeness (QED) is 0.247. The van der Waals surface area contributed by atoms with E-state index in [9.17, 15) is 19.2 Å². The molecule has 0 saturated carbocycles. The van der Waals surface area contributed by atoms with Gasteiger partial charge >= 0.3 is 11.9 Å². The summed E-state index contributed by atoms with van der Waals surface area (Å²) < 4.78 is 0. The summed E-state index contributed by atoms with van der Waals surface area (Å²) in [6.45, 7) is 3.62. The molecule has 1 unspecified atom stereocenters. The van der Waals surface area contributed by atoms with E-state index in [-0.39, 0.29) is 12.8 Å². The van der Waals surface area contributed by atoms with Gasteiger partial charge in [-0.3, -0.25) is 19.2 Å². The van der Waals surface area contributed by atoms with E-state index in [0.29, 0.717) is 11.0 Å². The molecule has 9 nitrogen and oxygen atoms in total. The summed E-state index contributed by atoms with van der Waals surface area (Å²) in [7, 11) is 0. The molecule has 0 bridgehead atoms. The monoisotopic (exact) mass is 405 g/mol. The molecule has 0 aliphatic heterocycles. The summed E-state index contributed by atoms with van der Waals surface area (Å²) in [6, 6.07) is -2.04. The van der Waals surface area contributed by atoms with Gasteiger partial charge in [0.05, 0.1) is 0 Å². The molecule has 0 radical (unpaired) electrons. The van der Waals surface area contributed by atoms with Crippen molar-refractivity contribution in [1.82, 2.24) is 10.6 Å². The summed E-state index contributed by atoms with van der Waals surface area (Å²) in [5.41, 5.74) is 5.36. The lowest BCUT2D eigenvalue weighted by Crippen LogP contribution is -2.49. The van der Waals surface area contributed by atoms with Crippen molar-refractivity contribution in [2.75, 3.05) is 12.3 Å². The van der Waals surface area contributed by atoms with E-state index in [4.69, 9.17) is 15.9 Å². The predicted molar refractivity (Wildman–Crippen MR) is 103 cm³/mol. The predicted octanol–water partition coefficient (Wildman–Crippen LogP) is 0.566. The lowest BCUT2D eigenvalue weighted by Gasteiger charge is -2.20. The van der Waals surface area contributed by atoms with Gasteiger partial charge in [0, 0.05) is 17.4 Å². The van der Waals surface area contributed by atoms with Crippen LogP contribution in [0.1, 0.15) is 52.4 Å². The van der Waals surface area contributed by atoms with Crippen LogP contribution in [0.25, 0.3) is 0 Å². The molecular formula is C17H31N3O6S. The molecule has 0 spiro atoms. The Morgan fingerprint density at radius 3 is 2.33 bits per heavy atom. The first kappa shape index (κ1) is 25.2. The second-order valence-electron chi connectivity index (χ2n) is 6.35. The summed E-state index contributed by atoms with van der Waals surface area (Å²) in [4.78, 5) is 45.5. The second-order valence-corrected chi connectivity index (χ2v) is 7.83. The highest BCUT2D eigenvalue weighted by Crippen LogP contribution is 2.18. The average Bonchev–Trinajstić information content (AvgIpc) is 2.60. The third-order valence-corrected chi connectivity index (χ3v) is 5.16. The van der Waals surface area contributed by atoms with E-state index in [0.717, 1.165) is 25.7 Å². The zero-order valence-corrected chi connectivity index (χ0v) is 16.7. The van der Waals surface area contributed by atoms with Crippen molar-refractivity contribution in [1.29, 1.82) is 0 Å². The highest BCUT2D eigenvalue weighted by Gasteiger charge is 2.23. The van der Waals surface area contributed by atoms with E-state index in [2.05, 4.69) is 17.6 Å². The molecule has 27 heavy (non-hydrogen) atoms. The summed E-state index contributed by atoms with van der Waals surface area (Å²) in [6.07, 6.45) is 4.14. The third-order valence-electron chi connectivity index (χ3n) is 3.83. The SMILES string of the molecule is CCCCCC(C)SC[C@H](NC(=O)CC[C@H](N)C(=O)O)C(=O)NCC(=O)O. The first-order chi connectivity index (χ1) is 12.7. The number of hydrogen-bond acceptors (Lipinski definition) is 6. The molecule has 0 saturated heterocycles. The van der Waals surface area contributed by atoms with Gasteiger partial charge in [-0.25, -0.2) is 0 Å². The maximum absolute atomic E-state index is 12.2. The number of nitrogens with two attached hydrogens (primary N) is 1. The minimum Gasteiger partial charge on any atom is -0.480 e. The average molecular weight is 406 g/mol. The maximum Gasteiger partial charge on any atom is 0.322 e. The third kappa shape index (κ3) is 13.1. The number of carboxylic acid groups (broad SMARTS) is 2. The first-order valence-electron chi connectivity index (χ1n) is 9.06. The molecule has 0 aromatic carbocycles. The zero-order valence-electron chi connectivity index (χ0n) is 15.9. The van der Waals surface area contributed by atoms with Crippen LogP contribution in [0, 0.1) is 0 Å². The lowest BCUT2D eigenvalue weighted by atomic mass is 10.1. The highest BCUT2D eigenvalue weighted by atomic mass is 32.2. The fraction of sp³-hybridized carbons (Fsp3) is 0.765. The van der Waals surface area contributed by atoms with Gasteiger partial charge in [-0.05, 0) is 12.8 Å². The number of amides is 2. The maximum atomic E-state index is 12.2. The van der Waals surface area contributed by atoms with Crippen LogP contribution in [-0.2, 0) is 19.2 Å². The van der Waals surface area contributed by atoms with Crippen LogP contribution in [0.15, 0.2) is 0 Å². The van der Waals surface area contributed by atoms with Crippen LogP contribution >= 0.6 is 11.8 Å². The molecule has 0 fully saturated rings. The first-order valence-corrected chi connectivity index (χ1v) is 10.1. The van der Waals surface area contributed by atoms with Crippen LogP contribution in [0.3, 0.4) is 0 Å². The van der Waals surface area contributed by atoms with Gasteiger partial charge < -0.3 is 26.6 Å². The molecule has 0 aliphatic carbocycles. The molecule has 156 valence electrons. The zero-order chi connectivity index (χ0) is 20.8. The number of carboxylic acids is 2. The number of nitrogens with one attached hydrogen (secondary N) is 2. The fourth-order valence-electron chi connectivity index (χ4n) is 2.17. The standard InChI is InChI=1S/C17H31N3O6S/c1-3-4-5-6-11(2)27-10-13(16(24)19-9-15(22)23)20-14(21)8-7-12(18)17(25)26/h11-13H,3-10,18H2,1-2H3,(H,19,24)(H,20,21)(H,22,23)(H,25,26)/t11?,12-,13-/m0/s1. The van der Waals surface area contributed by atoms with Crippen molar-refractivity contribution in [2.45, 2.75) is 69.7 Å². The number of thioether (sulfide) groups is 1. The Hall–Kier alpha value is -1.81. The molecule has 0 heterocycles. The minimum atomic E-state index is -1.20. The van der Waals surface area contributed by atoms with Gasteiger partial charge in [0.1, 0.15) is 18.6 Å². The fourth-order valence-corrected chi connectivity index (χ4v) is 3.26. The van der Waals surface area contributed by atoms with Gasteiger partial charge in [0.2, 0.25) is 11.8 Å². The molecule has 2 amide bonds. The summed E-state index contributed by atoms with van der Waals surface area (Å²) in [5.74, 6) is -3.16. The number of carbonyl (C=O) groups is 4. The van der Waals surface area contributed by atoms with E-state index in [1.165, 1.54) is 11.8 Å². The number of rotatable bonds is 15. The van der Waals surface area contributed by atoms with E-state index in [1.807, 2.05) is 6.92 Å². The Balaban J connectivity index is 4.63. The van der Waals surface area contributed by atoms with Crippen molar-refractivity contribution < 1.29 is 29.4 Å². The Kier molecular flexibility index (Phi) is 13.3. The van der Waals surface area contributed by atoms with Crippen molar-refractivity contribution in [3.8, 4) is 0 Å². The van der Waals surface area contributed by atoms with Crippen molar-refractivity contribution >= 4 is 35.5 Å². The van der Waals surface area contributed by atoms with Crippen molar-refractivity contribution in [2.24, 2.45) is 5.73 Å². The molecule has 3 atom stereocenters. The molecule has 0 aliphatic rings. The largest absolute Gasteiger partial charge is 0.480 e. The summed E-state index contributed by atoms with van der Waals surface area (Å²) >= 11 is 1.53. The normalized spacial score (nSPS) is 14.0. The van der Waals surface area contributed by atoms with Crippen LogP contribution < -0.4 is 16.4 Å². The molecule has 6 N–H and O–H groups in total. The number of aliphatic carboxylic acids is 2. The molecule has 0 aromatic rings. The van der Waals surface area contributed by atoms with E-state index >= 15 is 0 Å². The number of carbonyl (C=O) groups excluding carboxylic acids is 2. The minimum absolute atomic E-state index is 0.0504. The van der Waals surface area contributed by atoms with Crippen LogP contribution in [0.4, 0.5) is 0 Å². The van der Waals surface area contributed by atoms with Gasteiger partial charge in [-0.15, -0.1) is 0 Å². The highest BCUT2D eigenvalue weighted by molar-refractivity contribution is 7.99. The topological polar surface area (TPSA) is 159 Å². The number of hydrogen-bond donors (Lipinski definition) is 5. The Labute approximate surface area is 163 Å². The van der Waals surface area contributed by atoms with Crippen LogP contribution in [0.5, 0.6) is 0 Å². The van der Waals surface area contributed by atoms with Crippen molar-refractivity contribution in [3.05, 3.63) is 0 Å². The lowest BCUT2D eigenvalue weighted by molar-refractivity contribution is -0.139. The molecule has 0 aromatic heterocycles. The Morgan fingerprint density at radius 1 is 1.11 bits per heavy atom. The Morgan fingerprint density at radius 2 is 1.78 bits per heavy atom. The van der Waals surface area contributed by atoms with E-state index in [1.54, 1.807) is 0 Å². The molecular weight excluding hydrogens is 374 g/mol. The van der Waals surface area contributed by atoms with Crippen molar-refractivity contribution in [3.63, 3.8) is 0 Å². The van der Waals surface area contributed by atoms with Gasteiger partial charge in [-0.2, -0.15) is 11.8 Å². The van der Waals surface area contributed by atoms with Crippen LogP contribution in [-0.4, -0.2) is 63.6 Å². The van der Waals surface area contributed by atoms with Crippen LogP contribution in [0.2, 0.25) is 0 Å². The molecule has 0 rings (SSSR count). The van der Waals surface area contributed by atoms with Gasteiger partial charge in [0.25, 0.3) is 0 Å². The molecule has 10 heteroatoms. The second kappa shape index (κ2) is 14.3. The number of unbranched alkanes of at least 4 members (excludes halogenated alkanes) is 2. The van der Waals surface area contributed by atoms with Gasteiger partial charge in [-0.1, -0.05) is 33.1 Å². The Bertz CT molecular complexity index is 503. The van der Waals surface area contributed by atoms with Gasteiger partial charge in [0.15, 0.2) is 0 Å². The van der Waals surface area contributed by atoms with E-state index < -0.39 is 42.4 Å².